The van der Waals surface area contributed by atoms with E-state index in [1.807, 2.05) is 49.7 Å². The number of carbonyl (C=O) groups is 2. The maximum Gasteiger partial charge on any atom is 0.270 e. The van der Waals surface area contributed by atoms with E-state index in [4.69, 9.17) is 0 Å². The molecule has 2 heterocycles. The standard InChI is InChI=1S/C19H21N5O2/c1-12(2)21-19(26)15-9-6-8-14(22-15)18(25)20-11-17-23-13-7-4-5-10-16(13)24(17)3/h4-10,12H,11H2,1-3H3,(H,20,25)(H,21,26). The minimum atomic E-state index is -0.351. The Morgan fingerprint density at radius 2 is 1.69 bits per heavy atom. The molecular weight excluding hydrogens is 330 g/mol. The zero-order valence-electron chi connectivity index (χ0n) is 15.0. The van der Waals surface area contributed by atoms with E-state index in [9.17, 15) is 9.59 Å². The van der Waals surface area contributed by atoms with E-state index in [0.717, 1.165) is 16.9 Å². The van der Waals surface area contributed by atoms with Crippen LogP contribution in [0.3, 0.4) is 0 Å². The zero-order chi connectivity index (χ0) is 18.7. The molecular formula is C19H21N5O2. The molecule has 2 amide bonds. The largest absolute Gasteiger partial charge is 0.349 e. The second-order valence-corrected chi connectivity index (χ2v) is 6.29. The molecule has 2 aromatic heterocycles. The molecule has 0 aliphatic heterocycles. The third-order valence-electron chi connectivity index (χ3n) is 3.92. The van der Waals surface area contributed by atoms with Crippen LogP contribution in [-0.2, 0) is 13.6 Å². The van der Waals surface area contributed by atoms with E-state index < -0.39 is 0 Å². The minimum Gasteiger partial charge on any atom is -0.349 e. The van der Waals surface area contributed by atoms with Crippen LogP contribution in [0.2, 0.25) is 0 Å². The fraction of sp³-hybridized carbons (Fsp3) is 0.263. The lowest BCUT2D eigenvalue weighted by Crippen LogP contribution is -2.31. The van der Waals surface area contributed by atoms with E-state index in [1.165, 1.54) is 0 Å². The highest BCUT2D eigenvalue weighted by Crippen LogP contribution is 2.14. The van der Waals surface area contributed by atoms with Crippen molar-refractivity contribution in [3.05, 3.63) is 59.7 Å². The van der Waals surface area contributed by atoms with Gasteiger partial charge in [-0.05, 0) is 38.1 Å². The van der Waals surface area contributed by atoms with Crippen molar-refractivity contribution in [1.82, 2.24) is 25.2 Å². The van der Waals surface area contributed by atoms with Gasteiger partial charge >= 0.3 is 0 Å². The molecule has 0 fully saturated rings. The number of pyridine rings is 1. The van der Waals surface area contributed by atoms with E-state index in [1.54, 1.807) is 18.2 Å². The molecule has 0 saturated carbocycles. The average Bonchev–Trinajstić information content (AvgIpc) is 2.95. The maximum absolute atomic E-state index is 12.4. The van der Waals surface area contributed by atoms with Gasteiger partial charge in [-0.25, -0.2) is 9.97 Å². The van der Waals surface area contributed by atoms with Crippen molar-refractivity contribution in [2.24, 2.45) is 7.05 Å². The third kappa shape index (κ3) is 3.72. The molecule has 0 spiro atoms. The summed E-state index contributed by atoms with van der Waals surface area (Å²) in [5.74, 6) is 0.0921. The molecule has 0 aliphatic rings. The summed E-state index contributed by atoms with van der Waals surface area (Å²) in [5, 5.41) is 5.57. The van der Waals surface area contributed by atoms with Crippen molar-refractivity contribution in [3.8, 4) is 0 Å². The number of aromatic nitrogens is 3. The number of para-hydroxylation sites is 2. The Labute approximate surface area is 151 Å². The summed E-state index contributed by atoms with van der Waals surface area (Å²) in [6, 6.07) is 12.6. The van der Waals surface area contributed by atoms with Crippen LogP contribution in [0.1, 0.15) is 40.6 Å². The number of nitrogens with zero attached hydrogens (tertiary/aromatic N) is 3. The number of carbonyl (C=O) groups excluding carboxylic acids is 2. The summed E-state index contributed by atoms with van der Waals surface area (Å²) in [4.78, 5) is 33.1. The first kappa shape index (κ1) is 17.6. The number of rotatable bonds is 5. The molecule has 7 heteroatoms. The van der Waals surface area contributed by atoms with Crippen molar-refractivity contribution >= 4 is 22.8 Å². The molecule has 1 aromatic carbocycles. The second-order valence-electron chi connectivity index (χ2n) is 6.29. The lowest BCUT2D eigenvalue weighted by Gasteiger charge is -2.09. The number of aryl methyl sites for hydroxylation is 1. The molecule has 0 unspecified atom stereocenters. The summed E-state index contributed by atoms with van der Waals surface area (Å²) in [7, 11) is 1.91. The second kappa shape index (κ2) is 7.35. The minimum absolute atomic E-state index is 0.000620. The Balaban J connectivity index is 1.72. The molecule has 0 bridgehead atoms. The Bertz CT molecular complexity index is 961. The maximum atomic E-state index is 12.4. The van der Waals surface area contributed by atoms with Crippen LogP contribution in [0.25, 0.3) is 11.0 Å². The Kier molecular flexibility index (Phi) is 4.97. The van der Waals surface area contributed by atoms with Crippen LogP contribution in [0.5, 0.6) is 0 Å². The van der Waals surface area contributed by atoms with Gasteiger partial charge in [0.2, 0.25) is 0 Å². The number of amides is 2. The SMILES string of the molecule is CC(C)NC(=O)c1cccc(C(=O)NCc2nc3ccccc3n2C)n1. The quantitative estimate of drug-likeness (QED) is 0.736. The number of nitrogens with one attached hydrogen (secondary N) is 2. The highest BCUT2D eigenvalue weighted by molar-refractivity contribution is 5.96. The summed E-state index contributed by atoms with van der Waals surface area (Å²) in [6.07, 6.45) is 0. The fourth-order valence-corrected chi connectivity index (χ4v) is 2.63. The first-order valence-corrected chi connectivity index (χ1v) is 8.42. The molecule has 2 N–H and O–H groups in total. The Morgan fingerprint density at radius 3 is 2.38 bits per heavy atom. The van der Waals surface area contributed by atoms with Crippen LogP contribution in [0, 0.1) is 0 Å². The van der Waals surface area contributed by atoms with Gasteiger partial charge in [0.15, 0.2) is 0 Å². The lowest BCUT2D eigenvalue weighted by molar-refractivity contribution is 0.0936. The van der Waals surface area contributed by atoms with Crippen LogP contribution in [0.4, 0.5) is 0 Å². The molecule has 0 saturated heterocycles. The molecule has 26 heavy (non-hydrogen) atoms. The normalized spacial score (nSPS) is 10.9. The molecule has 0 aliphatic carbocycles. The van der Waals surface area contributed by atoms with Gasteiger partial charge in [-0.2, -0.15) is 0 Å². The highest BCUT2D eigenvalue weighted by atomic mass is 16.2. The highest BCUT2D eigenvalue weighted by Gasteiger charge is 2.14. The molecule has 134 valence electrons. The van der Waals surface area contributed by atoms with Gasteiger partial charge in [0.1, 0.15) is 17.2 Å². The number of imidazole rings is 1. The van der Waals surface area contributed by atoms with Crippen LogP contribution < -0.4 is 10.6 Å². The number of benzene rings is 1. The van der Waals surface area contributed by atoms with Gasteiger partial charge in [-0.3, -0.25) is 9.59 Å². The summed E-state index contributed by atoms with van der Waals surface area (Å²) in [5.41, 5.74) is 2.29. The summed E-state index contributed by atoms with van der Waals surface area (Å²) >= 11 is 0. The van der Waals surface area contributed by atoms with Crippen molar-refractivity contribution in [2.45, 2.75) is 26.4 Å². The molecule has 7 nitrogen and oxygen atoms in total. The van der Waals surface area contributed by atoms with Gasteiger partial charge in [0.25, 0.3) is 11.8 Å². The molecule has 3 aromatic rings. The van der Waals surface area contributed by atoms with E-state index in [2.05, 4.69) is 20.6 Å². The van der Waals surface area contributed by atoms with Crippen LogP contribution >= 0.6 is 0 Å². The molecule has 0 radical (unpaired) electrons. The van der Waals surface area contributed by atoms with Gasteiger partial charge in [-0.15, -0.1) is 0 Å². The van der Waals surface area contributed by atoms with Gasteiger partial charge in [0.05, 0.1) is 17.6 Å². The first-order valence-electron chi connectivity index (χ1n) is 8.42. The predicted octanol–water partition coefficient (Wildman–Crippen LogP) is 2.04. The fourth-order valence-electron chi connectivity index (χ4n) is 2.63. The van der Waals surface area contributed by atoms with Gasteiger partial charge in [-0.1, -0.05) is 18.2 Å². The average molecular weight is 351 g/mol. The monoisotopic (exact) mass is 351 g/mol. The van der Waals surface area contributed by atoms with Crippen molar-refractivity contribution in [3.63, 3.8) is 0 Å². The smallest absolute Gasteiger partial charge is 0.270 e. The number of fused-ring (bicyclic) bond motifs is 1. The van der Waals surface area contributed by atoms with E-state index in [0.29, 0.717) is 0 Å². The molecule has 3 rings (SSSR count). The van der Waals surface area contributed by atoms with E-state index in [-0.39, 0.29) is 35.8 Å². The van der Waals surface area contributed by atoms with Crippen molar-refractivity contribution in [1.29, 1.82) is 0 Å². The summed E-state index contributed by atoms with van der Waals surface area (Å²) in [6.45, 7) is 4.00. The van der Waals surface area contributed by atoms with Gasteiger partial charge in [0, 0.05) is 13.1 Å². The topological polar surface area (TPSA) is 88.9 Å². The number of hydrogen-bond acceptors (Lipinski definition) is 4. The number of hydrogen-bond donors (Lipinski definition) is 2. The first-order chi connectivity index (χ1) is 12.5. The van der Waals surface area contributed by atoms with Gasteiger partial charge < -0.3 is 15.2 Å². The Morgan fingerprint density at radius 1 is 1.00 bits per heavy atom. The molecule has 0 atom stereocenters. The lowest BCUT2D eigenvalue weighted by atomic mass is 10.2. The van der Waals surface area contributed by atoms with Crippen LogP contribution in [0.15, 0.2) is 42.5 Å². The van der Waals surface area contributed by atoms with Crippen molar-refractivity contribution in [2.75, 3.05) is 0 Å². The van der Waals surface area contributed by atoms with Crippen molar-refractivity contribution < 1.29 is 9.59 Å². The van der Waals surface area contributed by atoms with E-state index >= 15 is 0 Å². The predicted molar refractivity (Wildman–Crippen MR) is 98.7 cm³/mol. The Hall–Kier alpha value is -3.22. The summed E-state index contributed by atoms with van der Waals surface area (Å²) < 4.78 is 1.94. The van der Waals surface area contributed by atoms with Crippen LogP contribution in [-0.4, -0.2) is 32.4 Å². The zero-order valence-corrected chi connectivity index (χ0v) is 15.0. The third-order valence-corrected chi connectivity index (χ3v) is 3.92.